The van der Waals surface area contributed by atoms with E-state index in [1.54, 1.807) is 18.5 Å². The Hall–Kier alpha value is -2.79. The zero-order chi connectivity index (χ0) is 15.0. The Bertz CT molecular complexity index is 888. The number of aryl methyl sites for hydroxylation is 2. The van der Waals surface area contributed by atoms with Crippen molar-refractivity contribution in [2.45, 2.75) is 13.8 Å². The topological polar surface area (TPSA) is 96.0 Å². The third-order valence-electron chi connectivity index (χ3n) is 2.91. The minimum Gasteiger partial charge on any atom is -0.305 e. The molecule has 0 saturated heterocycles. The van der Waals surface area contributed by atoms with E-state index in [4.69, 9.17) is 0 Å². The first kappa shape index (κ1) is 13.2. The van der Waals surface area contributed by atoms with Crippen LogP contribution in [-0.2, 0) is 0 Å². The first-order valence-corrected chi connectivity index (χ1v) is 6.95. The molecule has 0 spiro atoms. The summed E-state index contributed by atoms with van der Waals surface area (Å²) in [7, 11) is 0. The van der Waals surface area contributed by atoms with E-state index in [0.29, 0.717) is 22.0 Å². The number of hydrogen-bond donors (Lipinski definition) is 1. The van der Waals surface area contributed by atoms with Crippen molar-refractivity contribution >= 4 is 28.7 Å². The van der Waals surface area contributed by atoms with Crippen LogP contribution < -0.4 is 5.32 Å². The molecule has 0 radical (unpaired) electrons. The zero-order valence-electron chi connectivity index (χ0n) is 11.3. The maximum atomic E-state index is 12.3. The smallest absolute Gasteiger partial charge is 0.268 e. The Balaban J connectivity index is 2.09. The predicted octanol–water partition coefficient (Wildman–Crippen LogP) is 1.93. The third-order valence-corrected chi connectivity index (χ3v) is 3.84. The summed E-state index contributed by atoms with van der Waals surface area (Å²) >= 11 is 1.25. The largest absolute Gasteiger partial charge is 0.305 e. The highest BCUT2D eigenvalue weighted by Crippen LogP contribution is 2.19. The number of amides is 1. The van der Waals surface area contributed by atoms with Gasteiger partial charge in [-0.1, -0.05) is 0 Å². The van der Waals surface area contributed by atoms with E-state index in [2.05, 4.69) is 20.4 Å². The fraction of sp³-hybridized carbons (Fsp3) is 0.154. The second kappa shape index (κ2) is 4.96. The molecule has 0 atom stereocenters. The van der Waals surface area contributed by atoms with Crippen molar-refractivity contribution in [3.63, 3.8) is 0 Å². The summed E-state index contributed by atoms with van der Waals surface area (Å²) < 4.78 is 1.46. The Morgan fingerprint density at radius 1 is 1.43 bits per heavy atom. The molecule has 104 valence electrons. The molecule has 0 aliphatic carbocycles. The highest BCUT2D eigenvalue weighted by molar-refractivity contribution is 7.12. The van der Waals surface area contributed by atoms with Gasteiger partial charge >= 0.3 is 0 Å². The lowest BCUT2D eigenvalue weighted by molar-refractivity contribution is 0.102. The van der Waals surface area contributed by atoms with Crippen molar-refractivity contribution in [3.05, 3.63) is 39.6 Å². The van der Waals surface area contributed by atoms with Crippen LogP contribution >= 0.6 is 11.3 Å². The summed E-state index contributed by atoms with van der Waals surface area (Å²) in [6, 6.07) is 3.78. The molecule has 3 aromatic heterocycles. The number of hydrogen-bond acceptors (Lipinski definition) is 6. The molecule has 0 fully saturated rings. The number of nitrogens with zero attached hydrogens (tertiary/aromatic N) is 5. The van der Waals surface area contributed by atoms with Gasteiger partial charge in [-0.2, -0.15) is 14.9 Å². The fourth-order valence-electron chi connectivity index (χ4n) is 1.93. The van der Waals surface area contributed by atoms with Crippen LogP contribution in [0.3, 0.4) is 0 Å². The van der Waals surface area contributed by atoms with Crippen LogP contribution in [0.1, 0.15) is 26.6 Å². The number of anilines is 1. The lowest BCUT2D eigenvalue weighted by Crippen LogP contribution is -2.16. The number of aromatic nitrogens is 4. The second-order valence-corrected chi connectivity index (χ2v) is 5.26. The Morgan fingerprint density at radius 3 is 2.90 bits per heavy atom. The van der Waals surface area contributed by atoms with Crippen LogP contribution in [0, 0.1) is 25.2 Å². The van der Waals surface area contributed by atoms with Gasteiger partial charge in [-0.3, -0.25) is 4.79 Å². The minimum atomic E-state index is -0.313. The van der Waals surface area contributed by atoms with Crippen LogP contribution in [0.15, 0.2) is 17.8 Å². The van der Waals surface area contributed by atoms with E-state index in [0.717, 1.165) is 5.69 Å². The monoisotopic (exact) mass is 298 g/mol. The second-order valence-electron chi connectivity index (χ2n) is 4.41. The van der Waals surface area contributed by atoms with Gasteiger partial charge in [-0.05, 0) is 13.8 Å². The maximum Gasteiger partial charge on any atom is 0.268 e. The summed E-state index contributed by atoms with van der Waals surface area (Å²) in [4.78, 5) is 21.0. The van der Waals surface area contributed by atoms with E-state index in [-0.39, 0.29) is 11.5 Å². The van der Waals surface area contributed by atoms with Gasteiger partial charge in [0.2, 0.25) is 0 Å². The van der Waals surface area contributed by atoms with Gasteiger partial charge in [-0.25, -0.2) is 9.97 Å². The van der Waals surface area contributed by atoms with Crippen molar-refractivity contribution in [3.8, 4) is 6.07 Å². The molecule has 1 N–H and O–H groups in total. The molecular formula is C13H10N6OS. The molecule has 1 amide bonds. The van der Waals surface area contributed by atoms with E-state index < -0.39 is 0 Å². The zero-order valence-corrected chi connectivity index (χ0v) is 12.1. The molecule has 3 aromatic rings. The standard InChI is InChI=1S/C13H10N6OS/c1-7-3-10-15-5-9(4-14)12(19(10)18-7)17-13(20)11-8(2)16-6-21-11/h3,5-6H,1-2H3,(H,17,20). The lowest BCUT2D eigenvalue weighted by atomic mass is 10.3. The van der Waals surface area contributed by atoms with E-state index in [1.807, 2.05) is 13.0 Å². The summed E-state index contributed by atoms with van der Waals surface area (Å²) in [5.74, 6) is 0.000512. The van der Waals surface area contributed by atoms with Crippen LogP contribution in [0.4, 0.5) is 5.82 Å². The fourth-order valence-corrected chi connectivity index (χ4v) is 2.63. The summed E-state index contributed by atoms with van der Waals surface area (Å²) in [6.07, 6.45) is 1.42. The van der Waals surface area contributed by atoms with Crippen molar-refractivity contribution in [1.82, 2.24) is 19.6 Å². The molecule has 0 saturated carbocycles. The molecule has 21 heavy (non-hydrogen) atoms. The van der Waals surface area contributed by atoms with Gasteiger partial charge in [0.15, 0.2) is 11.5 Å². The highest BCUT2D eigenvalue weighted by Gasteiger charge is 2.17. The number of fused-ring (bicyclic) bond motifs is 1. The molecule has 0 aliphatic heterocycles. The first-order valence-electron chi connectivity index (χ1n) is 6.07. The van der Waals surface area contributed by atoms with Crippen molar-refractivity contribution in [1.29, 1.82) is 5.26 Å². The average Bonchev–Trinajstić information content (AvgIpc) is 3.04. The third kappa shape index (κ3) is 2.23. The van der Waals surface area contributed by atoms with Gasteiger partial charge in [0.25, 0.3) is 5.91 Å². The Kier molecular flexibility index (Phi) is 3.12. The first-order chi connectivity index (χ1) is 10.1. The summed E-state index contributed by atoms with van der Waals surface area (Å²) in [5.41, 5.74) is 3.83. The highest BCUT2D eigenvalue weighted by atomic mass is 32.1. The molecule has 0 aliphatic rings. The van der Waals surface area contributed by atoms with Crippen LogP contribution in [-0.4, -0.2) is 25.5 Å². The number of carbonyl (C=O) groups excluding carboxylic acids is 1. The molecule has 0 bridgehead atoms. The number of carbonyl (C=O) groups is 1. The van der Waals surface area contributed by atoms with Crippen molar-refractivity contribution in [2.75, 3.05) is 5.32 Å². The lowest BCUT2D eigenvalue weighted by Gasteiger charge is -2.08. The normalized spacial score (nSPS) is 10.5. The SMILES string of the molecule is Cc1cc2ncc(C#N)c(NC(=O)c3scnc3C)n2n1. The minimum absolute atomic E-state index is 0.251. The van der Waals surface area contributed by atoms with Crippen LogP contribution in [0.2, 0.25) is 0 Å². The molecule has 0 aromatic carbocycles. The number of nitriles is 1. The van der Waals surface area contributed by atoms with E-state index in [1.165, 1.54) is 22.0 Å². The van der Waals surface area contributed by atoms with Gasteiger partial charge < -0.3 is 5.32 Å². The Labute approximate surface area is 123 Å². The maximum absolute atomic E-state index is 12.3. The molecule has 8 heteroatoms. The quantitative estimate of drug-likeness (QED) is 0.779. The molecule has 3 rings (SSSR count). The number of nitrogens with one attached hydrogen (secondary N) is 1. The molecule has 3 heterocycles. The summed E-state index contributed by atoms with van der Waals surface area (Å²) in [5, 5.41) is 16.2. The van der Waals surface area contributed by atoms with Gasteiger partial charge in [0, 0.05) is 6.07 Å². The molecular weight excluding hydrogens is 288 g/mol. The van der Waals surface area contributed by atoms with Crippen LogP contribution in [0.25, 0.3) is 5.65 Å². The molecule has 7 nitrogen and oxygen atoms in total. The van der Waals surface area contributed by atoms with Crippen LogP contribution in [0.5, 0.6) is 0 Å². The van der Waals surface area contributed by atoms with E-state index >= 15 is 0 Å². The van der Waals surface area contributed by atoms with Crippen molar-refractivity contribution < 1.29 is 4.79 Å². The predicted molar refractivity (Wildman–Crippen MR) is 77.2 cm³/mol. The van der Waals surface area contributed by atoms with Crippen molar-refractivity contribution in [2.24, 2.45) is 0 Å². The van der Waals surface area contributed by atoms with Gasteiger partial charge in [0.1, 0.15) is 16.5 Å². The number of rotatable bonds is 2. The molecule has 0 unspecified atom stereocenters. The Morgan fingerprint density at radius 2 is 2.24 bits per heavy atom. The number of thiazole rings is 1. The van der Waals surface area contributed by atoms with Gasteiger partial charge in [-0.15, -0.1) is 11.3 Å². The average molecular weight is 298 g/mol. The summed E-state index contributed by atoms with van der Waals surface area (Å²) in [6.45, 7) is 3.58. The van der Waals surface area contributed by atoms with E-state index in [9.17, 15) is 10.1 Å². The van der Waals surface area contributed by atoms with Gasteiger partial charge in [0.05, 0.1) is 23.1 Å².